The van der Waals surface area contributed by atoms with Crippen LogP contribution in [0.1, 0.15) is 18.3 Å². The third-order valence-electron chi connectivity index (χ3n) is 2.33. The van der Waals surface area contributed by atoms with Gasteiger partial charge in [-0.2, -0.15) is 4.98 Å². The van der Waals surface area contributed by atoms with Gasteiger partial charge in [-0.25, -0.2) is 4.39 Å². The molecule has 1 heterocycles. The van der Waals surface area contributed by atoms with Gasteiger partial charge in [0.05, 0.1) is 5.54 Å². The second-order valence-electron chi connectivity index (χ2n) is 3.98. The van der Waals surface area contributed by atoms with Crippen molar-refractivity contribution in [3.63, 3.8) is 0 Å². The molecule has 1 aromatic carbocycles. The molecule has 2 aromatic rings. The molecular weight excluding hydrogens is 209 g/mol. The highest BCUT2D eigenvalue weighted by Crippen LogP contribution is 2.19. The minimum atomic E-state index is -0.763. The predicted octanol–water partition coefficient (Wildman–Crippen LogP) is 1.63. The molecule has 5 heteroatoms. The van der Waals surface area contributed by atoms with Crippen LogP contribution in [-0.2, 0) is 12.0 Å². The van der Waals surface area contributed by atoms with Crippen LogP contribution in [-0.4, -0.2) is 10.1 Å². The molecule has 16 heavy (non-hydrogen) atoms. The molecule has 2 N–H and O–H groups in total. The number of benzene rings is 1. The summed E-state index contributed by atoms with van der Waals surface area (Å²) in [6, 6.07) is 6.31. The van der Waals surface area contributed by atoms with Crippen molar-refractivity contribution in [1.29, 1.82) is 0 Å². The van der Waals surface area contributed by atoms with Crippen LogP contribution in [0.2, 0.25) is 0 Å². The fourth-order valence-corrected chi connectivity index (χ4v) is 1.57. The Balaban J connectivity index is 2.21. The molecule has 0 saturated carbocycles. The summed E-state index contributed by atoms with van der Waals surface area (Å²) in [5.41, 5.74) is 6.09. The smallest absolute Gasteiger partial charge is 0.213 e. The Morgan fingerprint density at radius 1 is 1.50 bits per heavy atom. The van der Waals surface area contributed by atoms with E-state index >= 15 is 0 Å². The molecule has 1 unspecified atom stereocenters. The van der Waals surface area contributed by atoms with E-state index in [0.717, 1.165) is 5.56 Å². The average molecular weight is 221 g/mol. The van der Waals surface area contributed by atoms with Gasteiger partial charge in [0.15, 0.2) is 5.82 Å². The monoisotopic (exact) mass is 221 g/mol. The molecule has 0 bridgehead atoms. The van der Waals surface area contributed by atoms with E-state index in [-0.39, 0.29) is 5.82 Å². The maximum absolute atomic E-state index is 13.0. The fourth-order valence-electron chi connectivity index (χ4n) is 1.57. The largest absolute Gasteiger partial charge is 0.343 e. The van der Waals surface area contributed by atoms with Crippen molar-refractivity contribution in [2.24, 2.45) is 5.73 Å². The van der Waals surface area contributed by atoms with E-state index in [2.05, 4.69) is 14.7 Å². The summed E-state index contributed by atoms with van der Waals surface area (Å²) in [7, 11) is 0. The second kappa shape index (κ2) is 4.02. The number of hydrogen-bond acceptors (Lipinski definition) is 4. The molecule has 0 spiro atoms. The highest BCUT2D eigenvalue weighted by molar-refractivity contribution is 5.20. The molecule has 1 aromatic heterocycles. The summed E-state index contributed by atoms with van der Waals surface area (Å²) in [6.07, 6.45) is 1.68. The van der Waals surface area contributed by atoms with Crippen LogP contribution < -0.4 is 5.73 Å². The summed E-state index contributed by atoms with van der Waals surface area (Å²) in [5, 5.41) is 3.70. The zero-order chi connectivity index (χ0) is 11.6. The van der Waals surface area contributed by atoms with Gasteiger partial charge in [0.1, 0.15) is 5.82 Å². The number of aromatic nitrogens is 2. The normalized spacial score (nSPS) is 14.7. The van der Waals surface area contributed by atoms with Crippen LogP contribution in [0, 0.1) is 5.82 Å². The lowest BCUT2D eigenvalue weighted by molar-refractivity contribution is 0.376. The minimum absolute atomic E-state index is 0.276. The van der Waals surface area contributed by atoms with Crippen molar-refractivity contribution in [3.05, 3.63) is 47.9 Å². The minimum Gasteiger partial charge on any atom is -0.343 e. The van der Waals surface area contributed by atoms with Crippen molar-refractivity contribution >= 4 is 0 Å². The van der Waals surface area contributed by atoms with E-state index in [0.29, 0.717) is 12.2 Å². The Morgan fingerprint density at radius 3 is 2.94 bits per heavy atom. The zero-order valence-electron chi connectivity index (χ0n) is 8.85. The van der Waals surface area contributed by atoms with Crippen molar-refractivity contribution < 1.29 is 8.91 Å². The molecule has 0 aliphatic carbocycles. The van der Waals surface area contributed by atoms with Gasteiger partial charge in [-0.1, -0.05) is 17.3 Å². The van der Waals surface area contributed by atoms with E-state index in [1.165, 1.54) is 18.5 Å². The van der Waals surface area contributed by atoms with E-state index in [4.69, 9.17) is 5.73 Å². The molecule has 1 atom stereocenters. The average Bonchev–Trinajstić information content (AvgIpc) is 2.69. The molecule has 0 fully saturated rings. The first-order valence-corrected chi connectivity index (χ1v) is 4.88. The molecule has 0 radical (unpaired) electrons. The summed E-state index contributed by atoms with van der Waals surface area (Å²) in [6.45, 7) is 1.78. The highest BCUT2D eigenvalue weighted by Gasteiger charge is 2.26. The van der Waals surface area contributed by atoms with Gasteiger partial charge >= 0.3 is 0 Å². The third kappa shape index (κ3) is 2.25. The summed E-state index contributed by atoms with van der Waals surface area (Å²) >= 11 is 0. The standard InChI is InChI=1S/C11H12FN3O/c1-11(13,10-14-7-16-15-10)6-8-3-2-4-9(12)5-8/h2-5,7H,6,13H2,1H3. The zero-order valence-corrected chi connectivity index (χ0v) is 8.85. The Hall–Kier alpha value is -1.75. The molecule has 2 rings (SSSR count). The van der Waals surface area contributed by atoms with Crippen molar-refractivity contribution in [1.82, 2.24) is 10.1 Å². The van der Waals surface area contributed by atoms with Crippen LogP contribution in [0.3, 0.4) is 0 Å². The Morgan fingerprint density at radius 2 is 2.31 bits per heavy atom. The lowest BCUT2D eigenvalue weighted by atomic mass is 9.93. The molecule has 84 valence electrons. The number of halogens is 1. The van der Waals surface area contributed by atoms with Crippen LogP contribution in [0.4, 0.5) is 4.39 Å². The summed E-state index contributed by atoms with van der Waals surface area (Å²) in [4.78, 5) is 3.91. The number of rotatable bonds is 3. The maximum atomic E-state index is 13.0. The van der Waals surface area contributed by atoms with E-state index < -0.39 is 5.54 Å². The van der Waals surface area contributed by atoms with Crippen LogP contribution in [0.25, 0.3) is 0 Å². The maximum Gasteiger partial charge on any atom is 0.213 e. The molecule has 0 saturated heterocycles. The Kier molecular flexibility index (Phi) is 2.70. The molecule has 4 nitrogen and oxygen atoms in total. The first-order valence-electron chi connectivity index (χ1n) is 4.88. The fraction of sp³-hybridized carbons (Fsp3) is 0.273. The quantitative estimate of drug-likeness (QED) is 0.855. The van der Waals surface area contributed by atoms with Crippen molar-refractivity contribution in [3.8, 4) is 0 Å². The van der Waals surface area contributed by atoms with Gasteiger partial charge in [-0.3, -0.25) is 0 Å². The molecule has 0 amide bonds. The molecule has 0 aliphatic heterocycles. The van der Waals surface area contributed by atoms with Gasteiger partial charge in [-0.05, 0) is 31.0 Å². The Labute approximate surface area is 92.3 Å². The SMILES string of the molecule is CC(N)(Cc1cccc(F)c1)c1ncon1. The van der Waals surface area contributed by atoms with Crippen molar-refractivity contribution in [2.45, 2.75) is 18.9 Å². The van der Waals surface area contributed by atoms with Gasteiger partial charge < -0.3 is 10.3 Å². The van der Waals surface area contributed by atoms with E-state index in [9.17, 15) is 4.39 Å². The van der Waals surface area contributed by atoms with Gasteiger partial charge in [0.25, 0.3) is 0 Å². The second-order valence-corrected chi connectivity index (χ2v) is 3.98. The number of nitrogens with two attached hydrogens (primary N) is 1. The van der Waals surface area contributed by atoms with Gasteiger partial charge in [0, 0.05) is 0 Å². The van der Waals surface area contributed by atoms with Gasteiger partial charge in [-0.15, -0.1) is 0 Å². The molecular formula is C11H12FN3O. The predicted molar refractivity (Wildman–Crippen MR) is 55.9 cm³/mol. The lowest BCUT2D eigenvalue weighted by Gasteiger charge is -2.20. The highest BCUT2D eigenvalue weighted by atomic mass is 19.1. The number of nitrogens with zero attached hydrogens (tertiary/aromatic N) is 2. The van der Waals surface area contributed by atoms with Crippen LogP contribution in [0.5, 0.6) is 0 Å². The molecule has 0 aliphatic rings. The van der Waals surface area contributed by atoms with Crippen LogP contribution >= 0.6 is 0 Å². The first-order chi connectivity index (χ1) is 7.58. The van der Waals surface area contributed by atoms with Crippen LogP contribution in [0.15, 0.2) is 35.2 Å². The van der Waals surface area contributed by atoms with Crippen molar-refractivity contribution in [2.75, 3.05) is 0 Å². The summed E-state index contributed by atoms with van der Waals surface area (Å²) in [5.74, 6) is 0.137. The van der Waals surface area contributed by atoms with E-state index in [1.807, 2.05) is 6.07 Å². The first kappa shape index (κ1) is 10.8. The summed E-state index contributed by atoms with van der Waals surface area (Å²) < 4.78 is 17.6. The third-order valence-corrected chi connectivity index (χ3v) is 2.33. The number of hydrogen-bond donors (Lipinski definition) is 1. The lowest BCUT2D eigenvalue weighted by Crippen LogP contribution is -2.36. The topological polar surface area (TPSA) is 64.9 Å². The Bertz CT molecular complexity index is 468. The van der Waals surface area contributed by atoms with Gasteiger partial charge in [0.2, 0.25) is 6.39 Å². The van der Waals surface area contributed by atoms with E-state index in [1.54, 1.807) is 13.0 Å².